The first kappa shape index (κ1) is 13.8. The van der Waals surface area contributed by atoms with Gasteiger partial charge in [-0.15, -0.1) is 5.10 Å². The van der Waals surface area contributed by atoms with Crippen molar-refractivity contribution in [1.82, 2.24) is 15.2 Å². The third kappa shape index (κ3) is 2.57. The number of nitrogens with zero attached hydrogens (tertiary/aromatic N) is 2. The minimum absolute atomic E-state index is 0.00991. The molecule has 21 heavy (non-hydrogen) atoms. The molecule has 10 heteroatoms. The number of fused-ring (bicyclic) bond motifs is 1. The van der Waals surface area contributed by atoms with Crippen LogP contribution in [0.3, 0.4) is 0 Å². The molecule has 1 aromatic heterocycles. The van der Waals surface area contributed by atoms with Gasteiger partial charge in [-0.2, -0.15) is 4.98 Å². The summed E-state index contributed by atoms with van der Waals surface area (Å²) < 4.78 is 26.9. The van der Waals surface area contributed by atoms with E-state index in [9.17, 15) is 13.2 Å². The van der Waals surface area contributed by atoms with E-state index >= 15 is 0 Å². The second-order valence-electron chi connectivity index (χ2n) is 4.51. The van der Waals surface area contributed by atoms with E-state index in [-0.39, 0.29) is 28.2 Å². The summed E-state index contributed by atoms with van der Waals surface area (Å²) in [6.45, 7) is 1.64. The summed E-state index contributed by atoms with van der Waals surface area (Å²) in [5, 5.41) is 8.85. The molecule has 1 amide bonds. The van der Waals surface area contributed by atoms with E-state index in [0.29, 0.717) is 17.1 Å². The van der Waals surface area contributed by atoms with Crippen molar-refractivity contribution in [2.45, 2.75) is 18.2 Å². The number of halogens is 1. The van der Waals surface area contributed by atoms with Gasteiger partial charge < -0.3 is 5.32 Å². The lowest BCUT2D eigenvalue weighted by Crippen LogP contribution is -2.15. The molecule has 0 saturated carbocycles. The van der Waals surface area contributed by atoms with Gasteiger partial charge in [-0.05, 0) is 24.6 Å². The van der Waals surface area contributed by atoms with Crippen LogP contribution >= 0.6 is 11.6 Å². The van der Waals surface area contributed by atoms with Crippen molar-refractivity contribution < 1.29 is 13.2 Å². The van der Waals surface area contributed by atoms with Crippen LogP contribution in [0.2, 0.25) is 5.02 Å². The summed E-state index contributed by atoms with van der Waals surface area (Å²) in [7, 11) is -3.94. The molecule has 0 aliphatic carbocycles. The number of rotatable bonds is 3. The SMILES string of the molecule is Cc1nc(NS(=O)(=O)c2cc3c(cc2Cl)NC(=O)C3)n[nH]1. The van der Waals surface area contributed by atoms with E-state index in [1.165, 1.54) is 12.1 Å². The predicted octanol–water partition coefficient (Wildman–Crippen LogP) is 1.06. The normalized spacial score (nSPS) is 13.9. The van der Waals surface area contributed by atoms with Gasteiger partial charge in [0.1, 0.15) is 10.7 Å². The lowest BCUT2D eigenvalue weighted by molar-refractivity contribution is -0.115. The number of carbonyl (C=O) groups excluding carboxylic acids is 1. The van der Waals surface area contributed by atoms with Gasteiger partial charge in [0.2, 0.25) is 5.91 Å². The van der Waals surface area contributed by atoms with E-state index in [4.69, 9.17) is 11.6 Å². The maximum absolute atomic E-state index is 12.3. The van der Waals surface area contributed by atoms with Crippen molar-refractivity contribution in [3.05, 3.63) is 28.5 Å². The van der Waals surface area contributed by atoms with E-state index in [0.717, 1.165) is 0 Å². The topological polar surface area (TPSA) is 117 Å². The minimum atomic E-state index is -3.94. The predicted molar refractivity (Wildman–Crippen MR) is 75.7 cm³/mol. The molecule has 1 aliphatic rings. The molecule has 1 aliphatic heterocycles. The van der Waals surface area contributed by atoms with Crippen LogP contribution in [0.15, 0.2) is 17.0 Å². The first-order chi connectivity index (χ1) is 9.85. The minimum Gasteiger partial charge on any atom is -0.325 e. The Morgan fingerprint density at radius 1 is 1.38 bits per heavy atom. The van der Waals surface area contributed by atoms with Crippen LogP contribution in [0.1, 0.15) is 11.4 Å². The summed E-state index contributed by atoms with van der Waals surface area (Å²) in [6.07, 6.45) is 0.120. The molecule has 0 spiro atoms. The Balaban J connectivity index is 2.00. The quantitative estimate of drug-likeness (QED) is 0.779. The first-order valence-corrected chi connectivity index (χ1v) is 7.75. The van der Waals surface area contributed by atoms with Gasteiger partial charge in [0.25, 0.3) is 16.0 Å². The van der Waals surface area contributed by atoms with Crippen LogP contribution < -0.4 is 10.0 Å². The van der Waals surface area contributed by atoms with Crippen LogP contribution in [0, 0.1) is 6.92 Å². The number of hydrogen-bond donors (Lipinski definition) is 3. The Morgan fingerprint density at radius 3 is 2.81 bits per heavy atom. The number of amides is 1. The van der Waals surface area contributed by atoms with Gasteiger partial charge in [-0.25, -0.2) is 13.1 Å². The van der Waals surface area contributed by atoms with Gasteiger partial charge >= 0.3 is 0 Å². The molecular formula is C11H10ClN5O3S. The number of benzene rings is 1. The Kier molecular flexibility index (Phi) is 3.10. The Morgan fingerprint density at radius 2 is 2.14 bits per heavy atom. The van der Waals surface area contributed by atoms with Crippen molar-refractivity contribution in [3.63, 3.8) is 0 Å². The average molecular weight is 328 g/mol. The summed E-state index contributed by atoms with van der Waals surface area (Å²) in [6, 6.07) is 2.79. The van der Waals surface area contributed by atoms with E-state index in [1.807, 2.05) is 0 Å². The molecule has 1 aromatic carbocycles. The van der Waals surface area contributed by atoms with Crippen molar-refractivity contribution in [1.29, 1.82) is 0 Å². The highest BCUT2D eigenvalue weighted by molar-refractivity contribution is 7.92. The first-order valence-electron chi connectivity index (χ1n) is 5.89. The van der Waals surface area contributed by atoms with Crippen molar-refractivity contribution in [2.24, 2.45) is 0 Å². The van der Waals surface area contributed by atoms with Crippen LogP contribution in [0.5, 0.6) is 0 Å². The number of anilines is 2. The molecule has 0 fully saturated rings. The molecule has 0 saturated heterocycles. The maximum atomic E-state index is 12.3. The lowest BCUT2D eigenvalue weighted by Gasteiger charge is -2.08. The van der Waals surface area contributed by atoms with Crippen LogP contribution in [-0.2, 0) is 21.2 Å². The van der Waals surface area contributed by atoms with E-state index < -0.39 is 10.0 Å². The largest absolute Gasteiger partial charge is 0.325 e. The maximum Gasteiger partial charge on any atom is 0.265 e. The van der Waals surface area contributed by atoms with Crippen molar-refractivity contribution >= 4 is 39.2 Å². The molecule has 3 rings (SSSR count). The van der Waals surface area contributed by atoms with Gasteiger partial charge in [0, 0.05) is 5.69 Å². The van der Waals surface area contributed by atoms with Crippen LogP contribution in [0.4, 0.5) is 11.6 Å². The fraction of sp³-hybridized carbons (Fsp3) is 0.182. The zero-order chi connectivity index (χ0) is 15.2. The molecule has 110 valence electrons. The van der Waals surface area contributed by atoms with Gasteiger partial charge in [-0.1, -0.05) is 11.6 Å². The van der Waals surface area contributed by atoms with Crippen molar-refractivity contribution in [2.75, 3.05) is 10.0 Å². The highest BCUT2D eigenvalue weighted by atomic mass is 35.5. The number of hydrogen-bond acceptors (Lipinski definition) is 5. The Labute approximate surface area is 125 Å². The number of aromatic nitrogens is 3. The van der Waals surface area contributed by atoms with Crippen LogP contribution in [0.25, 0.3) is 0 Å². The standard InChI is InChI=1S/C11H10ClN5O3S/c1-5-13-11(16-15-5)17-21(19,20)9-2-6-3-10(18)14-8(6)4-7(9)12/h2,4H,3H2,1H3,(H,14,18)(H2,13,15,16,17). The van der Waals surface area contributed by atoms with E-state index in [1.54, 1.807) is 6.92 Å². The third-order valence-corrected chi connectivity index (χ3v) is 4.69. The number of sulfonamides is 1. The van der Waals surface area contributed by atoms with Crippen LogP contribution in [-0.4, -0.2) is 29.5 Å². The van der Waals surface area contributed by atoms with Gasteiger partial charge in [0.15, 0.2) is 0 Å². The summed E-state index contributed by atoms with van der Waals surface area (Å²) in [5.41, 5.74) is 1.11. The fourth-order valence-electron chi connectivity index (χ4n) is 1.99. The molecule has 0 bridgehead atoms. The highest BCUT2D eigenvalue weighted by Crippen LogP contribution is 2.32. The second-order valence-corrected chi connectivity index (χ2v) is 6.57. The molecule has 2 heterocycles. The lowest BCUT2D eigenvalue weighted by atomic mass is 10.2. The van der Waals surface area contributed by atoms with Gasteiger partial charge in [-0.3, -0.25) is 9.89 Å². The zero-order valence-corrected chi connectivity index (χ0v) is 12.3. The number of nitrogens with one attached hydrogen (secondary N) is 3. The number of aryl methyl sites for hydroxylation is 1. The Bertz CT molecular complexity index is 846. The third-order valence-electron chi connectivity index (χ3n) is 2.90. The number of H-pyrrole nitrogens is 1. The number of aromatic amines is 1. The smallest absolute Gasteiger partial charge is 0.265 e. The summed E-state index contributed by atoms with van der Waals surface area (Å²) >= 11 is 5.99. The molecule has 3 N–H and O–H groups in total. The second kappa shape index (κ2) is 4.71. The molecular weight excluding hydrogens is 318 g/mol. The molecule has 0 unspecified atom stereocenters. The summed E-state index contributed by atoms with van der Waals surface area (Å²) in [5.74, 6) is 0.203. The van der Waals surface area contributed by atoms with Gasteiger partial charge in [0.05, 0.1) is 11.4 Å². The summed E-state index contributed by atoms with van der Waals surface area (Å²) in [4.78, 5) is 15.1. The molecule has 2 aromatic rings. The molecule has 0 atom stereocenters. The zero-order valence-electron chi connectivity index (χ0n) is 10.8. The monoisotopic (exact) mass is 327 g/mol. The fourth-order valence-corrected chi connectivity index (χ4v) is 3.52. The average Bonchev–Trinajstić information content (AvgIpc) is 2.92. The highest BCUT2D eigenvalue weighted by Gasteiger charge is 2.25. The van der Waals surface area contributed by atoms with E-state index in [2.05, 4.69) is 25.2 Å². The number of carbonyl (C=O) groups is 1. The molecule has 0 radical (unpaired) electrons. The van der Waals surface area contributed by atoms with Crippen molar-refractivity contribution in [3.8, 4) is 0 Å². The molecule has 8 nitrogen and oxygen atoms in total. The Hall–Kier alpha value is -2.13.